The molecule has 0 unspecified atom stereocenters. The molecule has 0 bridgehead atoms. The average Bonchev–Trinajstić information content (AvgIpc) is 3.07. The van der Waals surface area contributed by atoms with Crippen LogP contribution in [-0.2, 0) is 14.6 Å². The van der Waals surface area contributed by atoms with Crippen molar-refractivity contribution in [1.82, 2.24) is 15.2 Å². The summed E-state index contributed by atoms with van der Waals surface area (Å²) in [5.74, 6) is 0.821. The van der Waals surface area contributed by atoms with Gasteiger partial charge in [-0.15, -0.1) is 5.10 Å². The summed E-state index contributed by atoms with van der Waals surface area (Å²) in [4.78, 5) is 16.9. The topological polar surface area (TPSA) is 114 Å². The second-order valence-electron chi connectivity index (χ2n) is 7.51. The Morgan fingerprint density at radius 2 is 1.96 bits per heavy atom. The van der Waals surface area contributed by atoms with E-state index >= 15 is 0 Å². The first-order chi connectivity index (χ1) is 13.2. The van der Waals surface area contributed by atoms with Gasteiger partial charge >= 0.3 is 0 Å². The minimum Gasteiger partial charge on any atom is -0.494 e. The Kier molecular flexibility index (Phi) is 5.74. The van der Waals surface area contributed by atoms with Gasteiger partial charge in [0.2, 0.25) is 11.9 Å². The molecule has 1 saturated carbocycles. The number of anilines is 1. The standard InChI is InChI=1S/C19H26N4O4S/c1-4-27-15-10-8-14(9-11-15)16-20-18(23-22-16)21-17(24)19(2,3)28(25,26)12-13-6-5-7-13/h8-11,13H,4-7,12H2,1-3H3,(H2,20,21,22,23,24). The number of benzene rings is 1. The van der Waals surface area contributed by atoms with Crippen molar-refractivity contribution in [3.63, 3.8) is 0 Å². The molecule has 2 aromatic rings. The molecule has 1 amide bonds. The van der Waals surface area contributed by atoms with Crippen LogP contribution in [-0.4, -0.2) is 46.6 Å². The number of carbonyl (C=O) groups excluding carboxylic acids is 1. The number of sulfone groups is 1. The third-order valence-corrected chi connectivity index (χ3v) is 7.80. The first-order valence-electron chi connectivity index (χ1n) is 9.42. The molecule has 1 heterocycles. The van der Waals surface area contributed by atoms with E-state index in [-0.39, 0.29) is 17.6 Å². The first kappa shape index (κ1) is 20.3. The second kappa shape index (κ2) is 7.90. The maximum Gasteiger partial charge on any atom is 0.249 e. The molecule has 0 radical (unpaired) electrons. The SMILES string of the molecule is CCOc1ccc(-c2nc(NC(=O)C(C)(C)S(=O)(=O)CC3CCC3)n[nH]2)cc1. The highest BCUT2D eigenvalue weighted by atomic mass is 32.2. The molecule has 152 valence electrons. The molecule has 2 N–H and O–H groups in total. The summed E-state index contributed by atoms with van der Waals surface area (Å²) < 4.78 is 29.2. The predicted molar refractivity (Wildman–Crippen MR) is 107 cm³/mol. The van der Waals surface area contributed by atoms with Crippen LogP contribution in [0.1, 0.15) is 40.0 Å². The van der Waals surface area contributed by atoms with Gasteiger partial charge in [0.15, 0.2) is 15.7 Å². The summed E-state index contributed by atoms with van der Waals surface area (Å²) in [5, 5.41) is 9.26. The maximum absolute atomic E-state index is 12.7. The van der Waals surface area contributed by atoms with Crippen LogP contribution in [0.4, 0.5) is 5.95 Å². The zero-order chi connectivity index (χ0) is 20.4. The fraction of sp³-hybridized carbons (Fsp3) is 0.526. The highest BCUT2D eigenvalue weighted by molar-refractivity contribution is 7.93. The molecule has 3 rings (SSSR count). The van der Waals surface area contributed by atoms with Crippen LogP contribution in [0.5, 0.6) is 5.75 Å². The fourth-order valence-electron chi connectivity index (χ4n) is 2.89. The van der Waals surface area contributed by atoms with E-state index in [1.807, 2.05) is 31.2 Å². The number of hydrogen-bond acceptors (Lipinski definition) is 6. The third kappa shape index (κ3) is 4.19. The van der Waals surface area contributed by atoms with E-state index in [9.17, 15) is 13.2 Å². The van der Waals surface area contributed by atoms with Crippen molar-refractivity contribution < 1.29 is 17.9 Å². The van der Waals surface area contributed by atoms with Crippen molar-refractivity contribution >= 4 is 21.7 Å². The quantitative estimate of drug-likeness (QED) is 0.697. The predicted octanol–water partition coefficient (Wildman–Crippen LogP) is 2.80. The van der Waals surface area contributed by atoms with Gasteiger partial charge < -0.3 is 4.74 Å². The van der Waals surface area contributed by atoms with E-state index in [2.05, 4.69) is 20.5 Å². The molecule has 8 nitrogen and oxygen atoms in total. The van der Waals surface area contributed by atoms with Gasteiger partial charge in [0.25, 0.3) is 0 Å². The monoisotopic (exact) mass is 406 g/mol. The lowest BCUT2D eigenvalue weighted by atomic mass is 9.87. The summed E-state index contributed by atoms with van der Waals surface area (Å²) in [5.41, 5.74) is 0.772. The number of aromatic nitrogens is 3. The zero-order valence-corrected chi connectivity index (χ0v) is 17.2. The van der Waals surface area contributed by atoms with Gasteiger partial charge in [-0.2, -0.15) is 4.98 Å². The molecule has 0 aliphatic heterocycles. The zero-order valence-electron chi connectivity index (χ0n) is 16.4. The number of nitrogens with one attached hydrogen (secondary N) is 2. The van der Waals surface area contributed by atoms with Crippen molar-refractivity contribution in [3.8, 4) is 17.1 Å². The molecule has 1 aromatic heterocycles. The van der Waals surface area contributed by atoms with Crippen LogP contribution in [0.3, 0.4) is 0 Å². The van der Waals surface area contributed by atoms with Crippen molar-refractivity contribution in [1.29, 1.82) is 0 Å². The Morgan fingerprint density at radius 3 is 2.54 bits per heavy atom. The Hall–Kier alpha value is -2.42. The van der Waals surface area contributed by atoms with Crippen LogP contribution in [0, 0.1) is 5.92 Å². The summed E-state index contributed by atoms with van der Waals surface area (Å²) in [6.07, 6.45) is 2.87. The van der Waals surface area contributed by atoms with Crippen molar-refractivity contribution in [3.05, 3.63) is 24.3 Å². The lowest BCUT2D eigenvalue weighted by Gasteiger charge is -2.30. The van der Waals surface area contributed by atoms with Crippen molar-refractivity contribution in [2.75, 3.05) is 17.7 Å². The van der Waals surface area contributed by atoms with Gasteiger partial charge in [0.1, 0.15) is 10.5 Å². The Balaban J connectivity index is 1.68. The number of hydrogen-bond donors (Lipinski definition) is 2. The van der Waals surface area contributed by atoms with E-state index in [4.69, 9.17) is 4.74 Å². The van der Waals surface area contributed by atoms with Gasteiger partial charge in [-0.1, -0.05) is 6.42 Å². The minimum absolute atomic E-state index is 0.0405. The lowest BCUT2D eigenvalue weighted by molar-refractivity contribution is -0.117. The number of aromatic amines is 1. The lowest BCUT2D eigenvalue weighted by Crippen LogP contribution is -2.47. The Bertz CT molecular complexity index is 931. The molecule has 0 atom stereocenters. The van der Waals surface area contributed by atoms with Crippen LogP contribution in [0.15, 0.2) is 24.3 Å². The molecule has 0 spiro atoms. The van der Waals surface area contributed by atoms with Crippen molar-refractivity contribution in [2.45, 2.75) is 44.8 Å². The molecular weight excluding hydrogens is 380 g/mol. The van der Waals surface area contributed by atoms with E-state index in [0.717, 1.165) is 30.6 Å². The van der Waals surface area contributed by atoms with Gasteiger partial charge in [0.05, 0.1) is 12.4 Å². The van der Waals surface area contributed by atoms with Gasteiger partial charge in [0, 0.05) is 5.56 Å². The molecule has 1 aliphatic rings. The molecule has 0 saturated heterocycles. The van der Waals surface area contributed by atoms with Crippen LogP contribution >= 0.6 is 0 Å². The summed E-state index contributed by atoms with van der Waals surface area (Å²) in [6.45, 7) is 5.34. The number of H-pyrrole nitrogens is 1. The molecule has 28 heavy (non-hydrogen) atoms. The largest absolute Gasteiger partial charge is 0.494 e. The van der Waals surface area contributed by atoms with Gasteiger partial charge in [-0.3, -0.25) is 15.2 Å². The normalized spacial score (nSPS) is 15.1. The minimum atomic E-state index is -3.59. The first-order valence-corrected chi connectivity index (χ1v) is 11.1. The van der Waals surface area contributed by atoms with E-state index in [1.165, 1.54) is 13.8 Å². The summed E-state index contributed by atoms with van der Waals surface area (Å²) in [7, 11) is -3.59. The van der Waals surface area contributed by atoms with E-state index in [1.54, 1.807) is 0 Å². The van der Waals surface area contributed by atoms with Gasteiger partial charge in [-0.25, -0.2) is 8.42 Å². The maximum atomic E-state index is 12.7. The molecular formula is C19H26N4O4S. The van der Waals surface area contributed by atoms with Crippen molar-refractivity contribution in [2.24, 2.45) is 5.92 Å². The second-order valence-corrected chi connectivity index (χ2v) is 10.1. The van der Waals surface area contributed by atoms with Crippen LogP contribution < -0.4 is 10.1 Å². The van der Waals surface area contributed by atoms with Crippen LogP contribution in [0.2, 0.25) is 0 Å². The summed E-state index contributed by atoms with van der Waals surface area (Å²) in [6, 6.07) is 7.28. The molecule has 1 fully saturated rings. The summed E-state index contributed by atoms with van der Waals surface area (Å²) >= 11 is 0. The number of ether oxygens (including phenoxy) is 1. The molecule has 1 aromatic carbocycles. The third-order valence-electron chi connectivity index (χ3n) is 5.15. The Labute approximate surface area is 165 Å². The molecule has 9 heteroatoms. The van der Waals surface area contributed by atoms with Gasteiger partial charge in [-0.05, 0) is 63.8 Å². The number of carbonyl (C=O) groups is 1. The molecule has 1 aliphatic carbocycles. The highest BCUT2D eigenvalue weighted by Gasteiger charge is 2.43. The van der Waals surface area contributed by atoms with E-state index in [0.29, 0.717) is 12.4 Å². The van der Waals surface area contributed by atoms with Crippen LogP contribution in [0.25, 0.3) is 11.4 Å². The number of amides is 1. The number of nitrogens with zero attached hydrogens (tertiary/aromatic N) is 2. The van der Waals surface area contributed by atoms with E-state index < -0.39 is 20.5 Å². The Morgan fingerprint density at radius 1 is 1.29 bits per heavy atom. The highest BCUT2D eigenvalue weighted by Crippen LogP contribution is 2.31. The number of rotatable bonds is 8. The average molecular weight is 407 g/mol. The fourth-order valence-corrected chi connectivity index (χ4v) is 4.60. The smallest absolute Gasteiger partial charge is 0.249 e.